The second kappa shape index (κ2) is 6.75. The molecule has 1 rings (SSSR count). The molecule has 0 radical (unpaired) electrons. The summed E-state index contributed by atoms with van der Waals surface area (Å²) in [6.07, 6.45) is 0. The lowest BCUT2D eigenvalue weighted by molar-refractivity contribution is -0.133. The van der Waals surface area contributed by atoms with Gasteiger partial charge in [0.05, 0.1) is 0 Å². The van der Waals surface area contributed by atoms with Crippen LogP contribution in [0.3, 0.4) is 0 Å². The molecule has 2 N–H and O–H groups in total. The van der Waals surface area contributed by atoms with Crippen molar-refractivity contribution in [3.8, 4) is 5.75 Å². The third-order valence-electron chi connectivity index (χ3n) is 2.77. The van der Waals surface area contributed by atoms with Gasteiger partial charge in [-0.25, -0.2) is 0 Å². The summed E-state index contributed by atoms with van der Waals surface area (Å²) in [6.45, 7) is 4.39. The summed E-state index contributed by atoms with van der Waals surface area (Å²) < 4.78 is 6.42. The molecule has 100 valence electrons. The number of benzene rings is 1. The molecule has 1 aromatic carbocycles. The van der Waals surface area contributed by atoms with Crippen molar-refractivity contribution in [2.45, 2.75) is 26.4 Å². The lowest BCUT2D eigenvalue weighted by Crippen LogP contribution is -2.36. The number of rotatable bonds is 5. The Kier molecular flexibility index (Phi) is 5.62. The number of nitrogens with zero attached hydrogens (tertiary/aromatic N) is 1. The molecule has 0 aliphatic rings. The van der Waals surface area contributed by atoms with E-state index in [2.05, 4.69) is 15.9 Å². The second-order valence-electron chi connectivity index (χ2n) is 4.34. The third-order valence-corrected chi connectivity index (χ3v) is 3.54. The van der Waals surface area contributed by atoms with Gasteiger partial charge < -0.3 is 15.4 Å². The molecule has 0 fully saturated rings. The predicted octanol–water partition coefficient (Wildman–Crippen LogP) is 2.15. The first kappa shape index (κ1) is 15.0. The van der Waals surface area contributed by atoms with E-state index in [1.54, 1.807) is 11.9 Å². The Bertz CT molecular complexity index is 421. The Morgan fingerprint density at radius 1 is 1.50 bits per heavy atom. The minimum absolute atomic E-state index is 0.0396. The maximum atomic E-state index is 11.7. The van der Waals surface area contributed by atoms with Gasteiger partial charge in [0.2, 0.25) is 0 Å². The molecular weight excluding hydrogens is 296 g/mol. The Morgan fingerprint density at radius 2 is 2.17 bits per heavy atom. The number of amides is 1. The number of nitrogens with two attached hydrogens (primary N) is 1. The normalized spacial score (nSPS) is 10.6. The van der Waals surface area contributed by atoms with E-state index < -0.39 is 0 Å². The summed E-state index contributed by atoms with van der Waals surface area (Å²) in [6, 6.07) is 5.69. The number of hydrogen-bond donors (Lipinski definition) is 1. The fourth-order valence-electron chi connectivity index (χ4n) is 1.33. The number of carbonyl (C=O) groups is 1. The van der Waals surface area contributed by atoms with Gasteiger partial charge in [-0.2, -0.15) is 0 Å². The Balaban J connectivity index is 2.61. The summed E-state index contributed by atoms with van der Waals surface area (Å²) >= 11 is 3.40. The molecule has 0 saturated carbocycles. The largest absolute Gasteiger partial charge is 0.484 e. The van der Waals surface area contributed by atoms with Crippen molar-refractivity contribution in [1.29, 1.82) is 0 Å². The molecule has 4 nitrogen and oxygen atoms in total. The zero-order chi connectivity index (χ0) is 13.7. The lowest BCUT2D eigenvalue weighted by atomic mass is 10.2. The van der Waals surface area contributed by atoms with E-state index in [-0.39, 0.29) is 18.6 Å². The zero-order valence-electron chi connectivity index (χ0n) is 10.9. The number of halogens is 1. The van der Waals surface area contributed by atoms with E-state index in [0.29, 0.717) is 12.3 Å². The average Bonchev–Trinajstić information content (AvgIpc) is 2.36. The van der Waals surface area contributed by atoms with Crippen molar-refractivity contribution in [3.63, 3.8) is 0 Å². The van der Waals surface area contributed by atoms with Crippen molar-refractivity contribution in [1.82, 2.24) is 4.90 Å². The maximum absolute atomic E-state index is 11.7. The highest BCUT2D eigenvalue weighted by Gasteiger charge is 2.12. The van der Waals surface area contributed by atoms with Crippen molar-refractivity contribution >= 4 is 21.8 Å². The number of hydrogen-bond acceptors (Lipinski definition) is 3. The molecular formula is C13H19BrN2O2. The van der Waals surface area contributed by atoms with Gasteiger partial charge in [0, 0.05) is 24.1 Å². The van der Waals surface area contributed by atoms with E-state index >= 15 is 0 Å². The highest BCUT2D eigenvalue weighted by molar-refractivity contribution is 9.10. The van der Waals surface area contributed by atoms with Crippen LogP contribution in [0.5, 0.6) is 5.75 Å². The smallest absolute Gasteiger partial charge is 0.260 e. The molecule has 0 aliphatic carbocycles. The molecule has 0 atom stereocenters. The van der Waals surface area contributed by atoms with Crippen LogP contribution >= 0.6 is 15.9 Å². The molecule has 0 bridgehead atoms. The summed E-state index contributed by atoms with van der Waals surface area (Å²) in [5.41, 5.74) is 6.56. The maximum Gasteiger partial charge on any atom is 0.260 e. The summed E-state index contributed by atoms with van der Waals surface area (Å²) in [7, 11) is 1.77. The van der Waals surface area contributed by atoms with Crippen molar-refractivity contribution in [2.75, 3.05) is 13.7 Å². The second-order valence-corrected chi connectivity index (χ2v) is 5.20. The fraction of sp³-hybridized carbons (Fsp3) is 0.462. The summed E-state index contributed by atoms with van der Waals surface area (Å²) in [4.78, 5) is 13.4. The van der Waals surface area contributed by atoms with E-state index in [4.69, 9.17) is 10.5 Å². The first-order valence-electron chi connectivity index (χ1n) is 5.82. The van der Waals surface area contributed by atoms with Crippen molar-refractivity contribution in [2.24, 2.45) is 5.73 Å². The Labute approximate surface area is 116 Å². The minimum Gasteiger partial charge on any atom is -0.484 e. The van der Waals surface area contributed by atoms with Crippen LogP contribution < -0.4 is 10.5 Å². The molecule has 0 spiro atoms. The third kappa shape index (κ3) is 3.99. The van der Waals surface area contributed by atoms with Crippen LogP contribution in [-0.2, 0) is 11.3 Å². The van der Waals surface area contributed by atoms with Gasteiger partial charge in [0.25, 0.3) is 5.91 Å². The molecule has 1 amide bonds. The van der Waals surface area contributed by atoms with E-state index in [0.717, 1.165) is 10.0 Å². The molecule has 0 aliphatic heterocycles. The Hall–Kier alpha value is -1.07. The SMILES string of the molecule is CC(C)N(C)C(=O)COc1ccc(Br)c(CN)c1. The number of likely N-dealkylation sites (N-methyl/N-ethyl adjacent to an activating group) is 1. The quantitative estimate of drug-likeness (QED) is 0.906. The van der Waals surface area contributed by atoms with E-state index in [1.807, 2.05) is 32.0 Å². The van der Waals surface area contributed by atoms with Crippen LogP contribution in [0.15, 0.2) is 22.7 Å². The summed E-state index contributed by atoms with van der Waals surface area (Å²) in [5.74, 6) is 0.617. The standard InChI is InChI=1S/C13H19BrN2O2/c1-9(2)16(3)13(17)8-18-11-4-5-12(14)10(6-11)7-15/h4-6,9H,7-8,15H2,1-3H3. The van der Waals surface area contributed by atoms with Crippen LogP contribution in [0.25, 0.3) is 0 Å². The van der Waals surface area contributed by atoms with Gasteiger partial charge in [-0.3, -0.25) is 4.79 Å². The van der Waals surface area contributed by atoms with Gasteiger partial charge in [0.15, 0.2) is 6.61 Å². The monoisotopic (exact) mass is 314 g/mol. The van der Waals surface area contributed by atoms with Crippen LogP contribution in [0.2, 0.25) is 0 Å². The Morgan fingerprint density at radius 3 is 2.72 bits per heavy atom. The zero-order valence-corrected chi connectivity index (χ0v) is 12.5. The van der Waals surface area contributed by atoms with Gasteiger partial charge in [-0.1, -0.05) is 15.9 Å². The van der Waals surface area contributed by atoms with Gasteiger partial charge in [0.1, 0.15) is 5.75 Å². The topological polar surface area (TPSA) is 55.6 Å². The first-order valence-corrected chi connectivity index (χ1v) is 6.62. The first-order chi connectivity index (χ1) is 8.45. The molecule has 0 heterocycles. The predicted molar refractivity (Wildman–Crippen MR) is 75.4 cm³/mol. The van der Waals surface area contributed by atoms with E-state index in [1.165, 1.54) is 0 Å². The van der Waals surface area contributed by atoms with Crippen LogP contribution in [0.1, 0.15) is 19.4 Å². The van der Waals surface area contributed by atoms with Crippen LogP contribution in [0.4, 0.5) is 0 Å². The number of ether oxygens (including phenoxy) is 1. The van der Waals surface area contributed by atoms with Gasteiger partial charge in [-0.05, 0) is 37.6 Å². The molecule has 18 heavy (non-hydrogen) atoms. The van der Waals surface area contributed by atoms with Crippen molar-refractivity contribution < 1.29 is 9.53 Å². The van der Waals surface area contributed by atoms with Gasteiger partial charge in [-0.15, -0.1) is 0 Å². The minimum atomic E-state index is -0.0396. The highest BCUT2D eigenvalue weighted by atomic mass is 79.9. The van der Waals surface area contributed by atoms with Crippen LogP contribution in [-0.4, -0.2) is 30.5 Å². The molecule has 0 saturated heterocycles. The molecule has 0 aromatic heterocycles. The number of carbonyl (C=O) groups excluding carboxylic acids is 1. The lowest BCUT2D eigenvalue weighted by Gasteiger charge is -2.21. The molecule has 0 unspecified atom stereocenters. The highest BCUT2D eigenvalue weighted by Crippen LogP contribution is 2.22. The van der Waals surface area contributed by atoms with E-state index in [9.17, 15) is 4.79 Å². The fourth-order valence-corrected chi connectivity index (χ4v) is 1.74. The van der Waals surface area contributed by atoms with Gasteiger partial charge >= 0.3 is 0 Å². The summed E-state index contributed by atoms with van der Waals surface area (Å²) in [5, 5.41) is 0. The van der Waals surface area contributed by atoms with Crippen LogP contribution in [0, 0.1) is 0 Å². The average molecular weight is 315 g/mol. The van der Waals surface area contributed by atoms with Crippen molar-refractivity contribution in [3.05, 3.63) is 28.2 Å². The molecule has 1 aromatic rings. The molecule has 5 heteroatoms.